The smallest absolute Gasteiger partial charge is 0.169 e. The van der Waals surface area contributed by atoms with E-state index in [1.165, 1.54) is 6.07 Å². The van der Waals surface area contributed by atoms with Crippen molar-refractivity contribution in [2.45, 2.75) is 26.2 Å². The van der Waals surface area contributed by atoms with Crippen molar-refractivity contribution in [1.82, 2.24) is 0 Å². The molecule has 0 saturated heterocycles. The Hall–Kier alpha value is -1.68. The molecule has 0 amide bonds. The summed E-state index contributed by atoms with van der Waals surface area (Å²) in [5.41, 5.74) is 0.993. The molecule has 0 aromatic heterocycles. The van der Waals surface area contributed by atoms with Crippen molar-refractivity contribution in [2.24, 2.45) is 0 Å². The number of hydrogen-bond acceptors (Lipinski definition) is 3. The second-order valence-corrected chi connectivity index (χ2v) is 6.50. The topological polar surface area (TPSA) is 49.7 Å². The average Bonchev–Trinajstić information content (AvgIpc) is 2.35. The summed E-state index contributed by atoms with van der Waals surface area (Å²) in [6.07, 6.45) is 0. The highest BCUT2D eigenvalue weighted by molar-refractivity contribution is 9.10. The second-order valence-electron chi connectivity index (χ2n) is 5.65. The van der Waals surface area contributed by atoms with E-state index in [2.05, 4.69) is 36.7 Å². The van der Waals surface area contributed by atoms with Crippen molar-refractivity contribution in [3.63, 3.8) is 0 Å². The molecule has 0 spiro atoms. The Kier molecular flexibility index (Phi) is 3.95. The lowest BCUT2D eigenvalue weighted by molar-refractivity contribution is 0.405. The lowest BCUT2D eigenvalue weighted by atomic mass is 9.87. The van der Waals surface area contributed by atoms with Gasteiger partial charge < -0.3 is 14.9 Å². The minimum atomic E-state index is -0.0358. The maximum Gasteiger partial charge on any atom is 0.169 e. The average molecular weight is 337 g/mol. The predicted octanol–water partition coefficient (Wildman–Crippen LogP) is 4.95. The van der Waals surface area contributed by atoms with E-state index in [1.807, 2.05) is 6.07 Å². The summed E-state index contributed by atoms with van der Waals surface area (Å²) in [6, 6.07) is 10.2. The molecule has 0 unspecified atom stereocenters. The van der Waals surface area contributed by atoms with Crippen LogP contribution in [-0.2, 0) is 5.41 Å². The first-order valence-electron chi connectivity index (χ1n) is 6.27. The summed E-state index contributed by atoms with van der Waals surface area (Å²) in [5.74, 6) is 0.998. The quantitative estimate of drug-likeness (QED) is 0.815. The lowest BCUT2D eigenvalue weighted by Crippen LogP contribution is -2.10. The number of halogens is 1. The van der Waals surface area contributed by atoms with Crippen LogP contribution in [0.25, 0.3) is 0 Å². The Morgan fingerprint density at radius 2 is 1.65 bits per heavy atom. The third-order valence-corrected chi connectivity index (χ3v) is 3.64. The fourth-order valence-corrected chi connectivity index (χ4v) is 2.00. The van der Waals surface area contributed by atoms with Crippen molar-refractivity contribution in [2.75, 3.05) is 0 Å². The van der Waals surface area contributed by atoms with Gasteiger partial charge in [0.05, 0.1) is 4.47 Å². The molecule has 106 valence electrons. The van der Waals surface area contributed by atoms with E-state index in [-0.39, 0.29) is 16.9 Å². The van der Waals surface area contributed by atoms with Gasteiger partial charge in [-0.25, -0.2) is 0 Å². The SMILES string of the molecule is CC(C)(C)c1ccc(Oc2ccc(Br)c(O)c2)c(O)c1. The highest BCUT2D eigenvalue weighted by Crippen LogP contribution is 2.36. The van der Waals surface area contributed by atoms with Gasteiger partial charge in [-0.1, -0.05) is 26.8 Å². The summed E-state index contributed by atoms with van der Waals surface area (Å²) in [7, 11) is 0. The van der Waals surface area contributed by atoms with Gasteiger partial charge in [0.25, 0.3) is 0 Å². The maximum atomic E-state index is 10.0. The zero-order chi connectivity index (χ0) is 14.9. The highest BCUT2D eigenvalue weighted by Gasteiger charge is 2.16. The Bertz CT molecular complexity index is 630. The van der Waals surface area contributed by atoms with Crippen LogP contribution in [0.5, 0.6) is 23.0 Å². The van der Waals surface area contributed by atoms with E-state index in [0.717, 1.165) is 5.56 Å². The summed E-state index contributed by atoms with van der Waals surface area (Å²) < 4.78 is 6.18. The van der Waals surface area contributed by atoms with E-state index in [0.29, 0.717) is 16.0 Å². The number of benzene rings is 2. The van der Waals surface area contributed by atoms with E-state index in [9.17, 15) is 10.2 Å². The molecule has 2 N–H and O–H groups in total. The Morgan fingerprint density at radius 1 is 0.950 bits per heavy atom. The molecule has 0 heterocycles. The third-order valence-electron chi connectivity index (χ3n) is 2.97. The largest absolute Gasteiger partial charge is 0.507 e. The minimum absolute atomic E-state index is 0.0358. The normalized spacial score (nSPS) is 11.4. The van der Waals surface area contributed by atoms with Crippen molar-refractivity contribution in [1.29, 1.82) is 0 Å². The van der Waals surface area contributed by atoms with E-state index in [1.54, 1.807) is 24.3 Å². The molecule has 0 aliphatic rings. The number of ether oxygens (including phenoxy) is 1. The van der Waals surface area contributed by atoms with E-state index >= 15 is 0 Å². The van der Waals surface area contributed by atoms with Crippen LogP contribution in [0.1, 0.15) is 26.3 Å². The lowest BCUT2D eigenvalue weighted by Gasteiger charge is -2.20. The van der Waals surface area contributed by atoms with E-state index in [4.69, 9.17) is 4.74 Å². The highest BCUT2D eigenvalue weighted by atomic mass is 79.9. The monoisotopic (exact) mass is 336 g/mol. The maximum absolute atomic E-state index is 10.0. The molecule has 0 bridgehead atoms. The molecule has 0 radical (unpaired) electrons. The van der Waals surface area contributed by atoms with Crippen LogP contribution in [0.2, 0.25) is 0 Å². The Morgan fingerprint density at radius 3 is 2.20 bits per heavy atom. The number of rotatable bonds is 2. The van der Waals surface area contributed by atoms with E-state index < -0.39 is 0 Å². The first-order valence-corrected chi connectivity index (χ1v) is 7.06. The molecule has 2 aromatic carbocycles. The fraction of sp³-hybridized carbons (Fsp3) is 0.250. The Balaban J connectivity index is 2.28. The molecule has 4 heteroatoms. The second kappa shape index (κ2) is 5.37. The molecule has 20 heavy (non-hydrogen) atoms. The van der Waals surface area contributed by atoms with Gasteiger partial charge in [-0.15, -0.1) is 0 Å². The zero-order valence-electron chi connectivity index (χ0n) is 11.6. The van der Waals surface area contributed by atoms with Crippen LogP contribution < -0.4 is 4.74 Å². The molecule has 3 nitrogen and oxygen atoms in total. The summed E-state index contributed by atoms with van der Waals surface area (Å²) in [6.45, 7) is 6.24. The van der Waals surface area contributed by atoms with Gasteiger partial charge in [0.15, 0.2) is 11.5 Å². The molecule has 2 aromatic rings. The van der Waals surface area contributed by atoms with Gasteiger partial charge in [0, 0.05) is 6.07 Å². The van der Waals surface area contributed by atoms with Crippen molar-refractivity contribution < 1.29 is 14.9 Å². The van der Waals surface area contributed by atoms with Crippen LogP contribution in [0.15, 0.2) is 40.9 Å². The van der Waals surface area contributed by atoms with Gasteiger partial charge in [-0.2, -0.15) is 0 Å². The van der Waals surface area contributed by atoms with Crippen molar-refractivity contribution in [3.8, 4) is 23.0 Å². The van der Waals surface area contributed by atoms with Gasteiger partial charge in [-0.3, -0.25) is 0 Å². The molecule has 0 saturated carbocycles. The molecule has 0 fully saturated rings. The van der Waals surface area contributed by atoms with Crippen LogP contribution >= 0.6 is 15.9 Å². The van der Waals surface area contributed by atoms with Crippen LogP contribution in [-0.4, -0.2) is 10.2 Å². The van der Waals surface area contributed by atoms with Gasteiger partial charge in [0.1, 0.15) is 11.5 Å². The molecule has 2 rings (SSSR count). The van der Waals surface area contributed by atoms with Gasteiger partial charge in [-0.05, 0) is 51.2 Å². The molecule has 0 aliphatic carbocycles. The number of aromatic hydroxyl groups is 2. The first-order chi connectivity index (χ1) is 9.27. The van der Waals surface area contributed by atoms with Gasteiger partial charge >= 0.3 is 0 Å². The van der Waals surface area contributed by atoms with Gasteiger partial charge in [0.2, 0.25) is 0 Å². The first kappa shape index (κ1) is 14.7. The molecule has 0 atom stereocenters. The molecular formula is C16H17BrO3. The van der Waals surface area contributed by atoms with Crippen LogP contribution in [0, 0.1) is 0 Å². The minimum Gasteiger partial charge on any atom is -0.507 e. The standard InChI is InChI=1S/C16H17BrO3/c1-16(2,3)10-4-7-15(14(19)8-10)20-11-5-6-12(17)13(18)9-11/h4-9,18-19H,1-3H3. The Labute approximate surface area is 127 Å². The summed E-state index contributed by atoms with van der Waals surface area (Å²) in [4.78, 5) is 0. The molecular weight excluding hydrogens is 320 g/mol. The number of phenols is 2. The third kappa shape index (κ3) is 3.25. The summed E-state index contributed by atoms with van der Waals surface area (Å²) in [5, 5.41) is 19.7. The van der Waals surface area contributed by atoms with Crippen molar-refractivity contribution >= 4 is 15.9 Å². The fourth-order valence-electron chi connectivity index (χ4n) is 1.75. The zero-order valence-corrected chi connectivity index (χ0v) is 13.2. The van der Waals surface area contributed by atoms with Crippen LogP contribution in [0.4, 0.5) is 0 Å². The van der Waals surface area contributed by atoms with Crippen LogP contribution in [0.3, 0.4) is 0 Å². The summed E-state index contributed by atoms with van der Waals surface area (Å²) >= 11 is 3.21. The number of hydrogen-bond donors (Lipinski definition) is 2. The number of phenolic OH excluding ortho intramolecular Hbond substituents is 2. The van der Waals surface area contributed by atoms with Crippen molar-refractivity contribution in [3.05, 3.63) is 46.4 Å². The molecule has 0 aliphatic heterocycles. The predicted molar refractivity (Wildman–Crippen MR) is 82.7 cm³/mol.